The van der Waals surface area contributed by atoms with Crippen molar-refractivity contribution in [3.05, 3.63) is 29.3 Å². The number of carbonyl (C=O) groups is 3. The van der Waals surface area contributed by atoms with Gasteiger partial charge in [-0.15, -0.1) is 0 Å². The summed E-state index contributed by atoms with van der Waals surface area (Å²) < 4.78 is 16.8. The number of nitrogens with zero attached hydrogens (tertiary/aromatic N) is 1. The first-order valence-corrected chi connectivity index (χ1v) is 18.1. The molecule has 11 heteroatoms. The van der Waals surface area contributed by atoms with Crippen molar-refractivity contribution in [2.24, 2.45) is 23.7 Å². The number of aliphatic hydroxyl groups is 1. The number of hydrogen-bond donors (Lipinski definition) is 4. The van der Waals surface area contributed by atoms with Crippen molar-refractivity contribution in [3.63, 3.8) is 0 Å². The highest BCUT2D eigenvalue weighted by atomic mass is 16.6. The molecule has 1 aromatic rings. The van der Waals surface area contributed by atoms with Gasteiger partial charge < -0.3 is 40.2 Å². The van der Waals surface area contributed by atoms with Gasteiger partial charge in [0.25, 0.3) is 5.91 Å². The summed E-state index contributed by atoms with van der Waals surface area (Å²) in [6.07, 6.45) is 2.40. The van der Waals surface area contributed by atoms with Gasteiger partial charge in [-0.2, -0.15) is 0 Å². The molecule has 4 N–H and O–H groups in total. The van der Waals surface area contributed by atoms with E-state index in [1.54, 1.807) is 33.9 Å². The van der Waals surface area contributed by atoms with E-state index < -0.39 is 29.8 Å². The van der Waals surface area contributed by atoms with Crippen LogP contribution in [0.5, 0.6) is 5.75 Å². The maximum Gasteiger partial charge on any atom is 0.407 e. The average molecular weight is 693 g/mol. The molecule has 0 aliphatic carbocycles. The number of amides is 3. The Hall–Kier alpha value is -2.89. The molecule has 0 unspecified atom stereocenters. The van der Waals surface area contributed by atoms with Gasteiger partial charge in [0, 0.05) is 39.3 Å². The molecule has 0 saturated heterocycles. The zero-order chi connectivity index (χ0) is 37.1. The van der Waals surface area contributed by atoms with Gasteiger partial charge in [-0.3, -0.25) is 9.59 Å². The van der Waals surface area contributed by atoms with E-state index in [0.717, 1.165) is 31.2 Å². The maximum absolute atomic E-state index is 13.6. The van der Waals surface area contributed by atoms with E-state index in [-0.39, 0.29) is 36.0 Å². The van der Waals surface area contributed by atoms with Crippen LogP contribution in [0.3, 0.4) is 0 Å². The third kappa shape index (κ3) is 18.1. The lowest BCUT2D eigenvalue weighted by atomic mass is 9.82. The molecule has 1 aromatic carbocycles. The van der Waals surface area contributed by atoms with Crippen LogP contribution in [-0.4, -0.2) is 93.2 Å². The maximum atomic E-state index is 13.6. The quantitative estimate of drug-likeness (QED) is 0.106. The van der Waals surface area contributed by atoms with Crippen molar-refractivity contribution >= 4 is 17.9 Å². The molecule has 0 aliphatic heterocycles. The number of methoxy groups -OCH3 is 1. The van der Waals surface area contributed by atoms with Crippen LogP contribution in [0.25, 0.3) is 0 Å². The molecular weight excluding hydrogens is 624 g/mol. The van der Waals surface area contributed by atoms with E-state index in [2.05, 4.69) is 41.6 Å². The van der Waals surface area contributed by atoms with Crippen LogP contribution >= 0.6 is 0 Å². The van der Waals surface area contributed by atoms with E-state index in [4.69, 9.17) is 14.2 Å². The molecule has 0 radical (unpaired) electrons. The molecule has 3 amide bonds. The smallest absolute Gasteiger partial charge is 0.407 e. The Kier molecular flexibility index (Phi) is 20.5. The first kappa shape index (κ1) is 44.1. The second-order valence-corrected chi connectivity index (χ2v) is 15.1. The monoisotopic (exact) mass is 693 g/mol. The Balaban J connectivity index is 3.20. The van der Waals surface area contributed by atoms with E-state index in [1.165, 1.54) is 0 Å². The molecule has 0 bridgehead atoms. The minimum Gasteiger partial charge on any atom is -0.493 e. The average Bonchev–Trinajstić information content (AvgIpc) is 2.99. The summed E-state index contributed by atoms with van der Waals surface area (Å²) in [5, 5.41) is 20.6. The van der Waals surface area contributed by atoms with Gasteiger partial charge in [-0.1, -0.05) is 47.1 Å². The van der Waals surface area contributed by atoms with Gasteiger partial charge in [0.1, 0.15) is 11.4 Å². The number of benzene rings is 1. The highest BCUT2D eigenvalue weighted by molar-refractivity contribution is 5.97. The first-order valence-electron chi connectivity index (χ1n) is 18.1. The number of nitrogens with one attached hydrogen (secondary N) is 3. The zero-order valence-corrected chi connectivity index (χ0v) is 32.3. The predicted octanol–water partition coefficient (Wildman–Crippen LogP) is 5.78. The number of aliphatic hydroxyl groups excluding tert-OH is 1. The van der Waals surface area contributed by atoms with E-state index in [9.17, 15) is 19.5 Å². The zero-order valence-electron chi connectivity index (χ0n) is 32.3. The fraction of sp³-hybridized carbons (Fsp3) is 0.763. The van der Waals surface area contributed by atoms with E-state index >= 15 is 0 Å². The minimum absolute atomic E-state index is 0.0147. The number of ether oxygens (including phenoxy) is 3. The number of carbonyl (C=O) groups excluding carboxylic acids is 3. The van der Waals surface area contributed by atoms with Crippen LogP contribution in [0.1, 0.15) is 110 Å². The van der Waals surface area contributed by atoms with Gasteiger partial charge in [0.05, 0.1) is 24.3 Å². The number of rotatable bonds is 23. The van der Waals surface area contributed by atoms with Crippen LogP contribution in [0.2, 0.25) is 0 Å². The summed E-state index contributed by atoms with van der Waals surface area (Å²) >= 11 is 0. The lowest BCUT2D eigenvalue weighted by Crippen LogP contribution is -2.49. The Bertz CT molecular complexity index is 1120. The topological polar surface area (TPSA) is 138 Å². The van der Waals surface area contributed by atoms with Crippen molar-refractivity contribution < 1.29 is 33.7 Å². The highest BCUT2D eigenvalue weighted by Gasteiger charge is 2.33. The van der Waals surface area contributed by atoms with Gasteiger partial charge >= 0.3 is 6.09 Å². The standard InChI is InChI=1S/C38H68N4O7/c1-12-13-18-39-36(45)31(27(4)5)23-33(43)32(41-37(46)49-38(6,7)8)22-29(26(2)3)24-40-35(44)30-17-16-28(25-42(9)10)21-34(30)48-20-15-14-19-47-11/h16-17,21,26-27,29,31-33,43H,12-15,18-20,22-25H2,1-11H3,(H,39,45)(H,40,44)(H,41,46)/t29-,31+,32+,33+/m1/s1. The Morgan fingerprint density at radius 3 is 2.18 bits per heavy atom. The second-order valence-electron chi connectivity index (χ2n) is 15.1. The predicted molar refractivity (Wildman–Crippen MR) is 196 cm³/mol. The molecule has 1 rings (SSSR count). The molecule has 0 aromatic heterocycles. The highest BCUT2D eigenvalue weighted by Crippen LogP contribution is 2.26. The lowest BCUT2D eigenvalue weighted by molar-refractivity contribution is -0.127. The van der Waals surface area contributed by atoms with Gasteiger partial charge in [0.15, 0.2) is 0 Å². The van der Waals surface area contributed by atoms with Crippen LogP contribution in [0.4, 0.5) is 4.79 Å². The fourth-order valence-electron chi connectivity index (χ4n) is 5.50. The third-order valence-corrected chi connectivity index (χ3v) is 8.45. The Labute approximate surface area is 296 Å². The number of hydrogen-bond acceptors (Lipinski definition) is 8. The second kappa shape index (κ2) is 22.8. The summed E-state index contributed by atoms with van der Waals surface area (Å²) in [6, 6.07) is 4.95. The van der Waals surface area contributed by atoms with Crippen molar-refractivity contribution in [1.82, 2.24) is 20.9 Å². The Morgan fingerprint density at radius 1 is 0.939 bits per heavy atom. The van der Waals surface area contributed by atoms with Crippen LogP contribution in [-0.2, 0) is 20.8 Å². The first-order chi connectivity index (χ1) is 23.0. The van der Waals surface area contributed by atoms with Crippen molar-refractivity contribution in [2.45, 2.75) is 118 Å². The van der Waals surface area contributed by atoms with Gasteiger partial charge in [-0.25, -0.2) is 4.79 Å². The van der Waals surface area contributed by atoms with E-state index in [0.29, 0.717) is 50.6 Å². The van der Waals surface area contributed by atoms with Crippen molar-refractivity contribution in [3.8, 4) is 5.75 Å². The van der Waals surface area contributed by atoms with Crippen LogP contribution in [0, 0.1) is 23.7 Å². The Morgan fingerprint density at radius 2 is 1.61 bits per heavy atom. The lowest BCUT2D eigenvalue weighted by Gasteiger charge is -2.33. The number of unbranched alkanes of at least 4 members (excludes halogenated alkanes) is 2. The molecule has 0 fully saturated rings. The molecule has 0 saturated carbocycles. The molecule has 0 aliphatic rings. The molecule has 0 spiro atoms. The fourth-order valence-corrected chi connectivity index (χ4v) is 5.50. The summed E-state index contributed by atoms with van der Waals surface area (Å²) in [5.74, 6) is -0.274. The molecule has 49 heavy (non-hydrogen) atoms. The van der Waals surface area contributed by atoms with Crippen molar-refractivity contribution in [1.29, 1.82) is 0 Å². The summed E-state index contributed by atoms with van der Waals surface area (Å²) in [6.45, 7) is 18.2. The summed E-state index contributed by atoms with van der Waals surface area (Å²) in [7, 11) is 5.65. The number of alkyl carbamates (subject to hydrolysis) is 1. The third-order valence-electron chi connectivity index (χ3n) is 8.45. The molecule has 282 valence electrons. The molecule has 11 nitrogen and oxygen atoms in total. The SMILES string of the molecule is CCCCNC(=O)[C@@H](C[C@H](O)[C@H](C[C@H](CNC(=O)c1ccc(CN(C)C)cc1OCCCCOC)C(C)C)NC(=O)OC(C)(C)C)C(C)C. The van der Waals surface area contributed by atoms with Crippen LogP contribution < -0.4 is 20.7 Å². The van der Waals surface area contributed by atoms with Crippen molar-refractivity contribution in [2.75, 3.05) is 47.5 Å². The molecule has 4 atom stereocenters. The summed E-state index contributed by atoms with van der Waals surface area (Å²) in [4.78, 5) is 41.7. The van der Waals surface area contributed by atoms with Crippen LogP contribution in [0.15, 0.2) is 18.2 Å². The van der Waals surface area contributed by atoms with Gasteiger partial charge in [0.2, 0.25) is 5.91 Å². The molecular formula is C38H68N4O7. The van der Waals surface area contributed by atoms with Gasteiger partial charge in [-0.05, 0) is 102 Å². The molecule has 0 heterocycles. The normalized spacial score (nSPS) is 14.3. The van der Waals surface area contributed by atoms with E-state index in [1.807, 2.05) is 40.1 Å². The minimum atomic E-state index is -1.02. The summed E-state index contributed by atoms with van der Waals surface area (Å²) in [5.41, 5.74) is 0.766. The largest absolute Gasteiger partial charge is 0.493 e.